The highest BCUT2D eigenvalue weighted by Gasteiger charge is 2.31. The van der Waals surface area contributed by atoms with E-state index in [0.29, 0.717) is 19.8 Å². The van der Waals surface area contributed by atoms with Crippen molar-refractivity contribution < 1.29 is 9.59 Å². The normalized spacial score (nSPS) is 16.1. The fourth-order valence-corrected chi connectivity index (χ4v) is 2.63. The third kappa shape index (κ3) is 2.01. The first-order valence-corrected chi connectivity index (χ1v) is 6.28. The molecule has 84 valence electrons. The van der Waals surface area contributed by atoms with Gasteiger partial charge in [-0.3, -0.25) is 14.5 Å². The topological polar surface area (TPSA) is 50.3 Å². The van der Waals surface area contributed by atoms with Crippen molar-refractivity contribution in [3.8, 4) is 0 Å². The monoisotopic (exact) mass is 366 g/mol. The molecule has 0 aromatic carbocycles. The predicted molar refractivity (Wildman–Crippen MR) is 66.6 cm³/mol. The molecule has 0 aliphatic carbocycles. The van der Waals surface area contributed by atoms with E-state index in [1.54, 1.807) is 0 Å². The minimum absolute atomic E-state index is 0.0579. The SMILES string of the molecule is O=C1CC(=O)N(c2ncc(Br)c(Cl)c2Br)C1. The maximum absolute atomic E-state index is 11.5. The number of carbonyl (C=O) groups excluding carboxylic acids is 2. The lowest BCUT2D eigenvalue weighted by atomic mass is 10.3. The van der Waals surface area contributed by atoms with Gasteiger partial charge in [0, 0.05) is 6.20 Å². The van der Waals surface area contributed by atoms with Crippen LogP contribution < -0.4 is 4.90 Å². The van der Waals surface area contributed by atoms with Gasteiger partial charge >= 0.3 is 0 Å². The van der Waals surface area contributed by atoms with Gasteiger partial charge < -0.3 is 0 Å². The molecule has 2 heterocycles. The highest BCUT2D eigenvalue weighted by molar-refractivity contribution is 9.11. The van der Waals surface area contributed by atoms with Gasteiger partial charge in [-0.1, -0.05) is 11.6 Å². The number of carbonyl (C=O) groups is 2. The van der Waals surface area contributed by atoms with Gasteiger partial charge in [0.25, 0.3) is 0 Å². The van der Waals surface area contributed by atoms with Crippen LogP contribution in [0.5, 0.6) is 0 Å². The molecule has 0 N–H and O–H groups in total. The predicted octanol–water partition coefficient (Wildman–Crippen LogP) is 2.57. The Balaban J connectivity index is 2.45. The molecule has 0 atom stereocenters. The molecule has 4 nitrogen and oxygen atoms in total. The van der Waals surface area contributed by atoms with Gasteiger partial charge in [0.1, 0.15) is 0 Å². The molecule has 1 aliphatic heterocycles. The van der Waals surface area contributed by atoms with Crippen LogP contribution in [-0.4, -0.2) is 23.2 Å². The van der Waals surface area contributed by atoms with Crippen LogP contribution in [-0.2, 0) is 9.59 Å². The zero-order valence-corrected chi connectivity index (χ0v) is 11.8. The van der Waals surface area contributed by atoms with Crippen LogP contribution in [0.2, 0.25) is 5.02 Å². The zero-order valence-electron chi connectivity index (χ0n) is 7.84. The van der Waals surface area contributed by atoms with Gasteiger partial charge in [0.05, 0.1) is 26.9 Å². The third-order valence-corrected chi connectivity index (χ3v) is 4.34. The van der Waals surface area contributed by atoms with E-state index >= 15 is 0 Å². The second-order valence-electron chi connectivity index (χ2n) is 3.25. The fourth-order valence-electron chi connectivity index (χ4n) is 1.40. The molecule has 1 amide bonds. The summed E-state index contributed by atoms with van der Waals surface area (Å²) in [6.45, 7) is 0.0579. The lowest BCUT2D eigenvalue weighted by Crippen LogP contribution is -2.26. The molecule has 1 aromatic heterocycles. The molecule has 0 radical (unpaired) electrons. The molecule has 1 aliphatic rings. The van der Waals surface area contributed by atoms with Crippen LogP contribution in [0, 0.1) is 0 Å². The van der Waals surface area contributed by atoms with Crippen LogP contribution in [0.3, 0.4) is 0 Å². The lowest BCUT2D eigenvalue weighted by molar-refractivity contribution is -0.121. The van der Waals surface area contributed by atoms with Crippen molar-refractivity contribution in [1.29, 1.82) is 0 Å². The minimum Gasteiger partial charge on any atom is -0.297 e. The molecule has 1 saturated heterocycles. The molecular weight excluding hydrogens is 363 g/mol. The Morgan fingerprint density at radius 3 is 2.62 bits per heavy atom. The number of amides is 1. The van der Waals surface area contributed by atoms with Crippen LogP contribution >= 0.6 is 43.5 Å². The first-order chi connectivity index (χ1) is 7.50. The Hall–Kier alpha value is -0.460. The second kappa shape index (κ2) is 4.43. The highest BCUT2D eigenvalue weighted by Crippen LogP contribution is 2.36. The maximum Gasteiger partial charge on any atom is 0.236 e. The number of ketones is 1. The quantitative estimate of drug-likeness (QED) is 0.716. The lowest BCUT2D eigenvalue weighted by Gasteiger charge is -2.16. The number of hydrogen-bond acceptors (Lipinski definition) is 3. The number of rotatable bonds is 1. The van der Waals surface area contributed by atoms with E-state index in [4.69, 9.17) is 11.6 Å². The van der Waals surface area contributed by atoms with Crippen LogP contribution in [0.25, 0.3) is 0 Å². The average Bonchev–Trinajstić information content (AvgIpc) is 2.55. The van der Waals surface area contributed by atoms with E-state index in [2.05, 4.69) is 36.8 Å². The van der Waals surface area contributed by atoms with E-state index in [1.165, 1.54) is 11.1 Å². The molecule has 1 aromatic rings. The van der Waals surface area contributed by atoms with E-state index in [1.807, 2.05) is 0 Å². The summed E-state index contributed by atoms with van der Waals surface area (Å²) in [5.41, 5.74) is 0. The van der Waals surface area contributed by atoms with E-state index in [0.717, 1.165) is 0 Å². The molecule has 2 rings (SSSR count). The van der Waals surface area contributed by atoms with Gasteiger partial charge in [-0.25, -0.2) is 4.98 Å². The number of Topliss-reactive ketones (excluding diaryl/α,β-unsaturated/α-hetero) is 1. The first-order valence-electron chi connectivity index (χ1n) is 4.32. The Kier molecular flexibility index (Phi) is 3.32. The number of aromatic nitrogens is 1. The first kappa shape index (κ1) is 12.0. The van der Waals surface area contributed by atoms with E-state index < -0.39 is 0 Å². The van der Waals surface area contributed by atoms with Crippen molar-refractivity contribution in [2.45, 2.75) is 6.42 Å². The third-order valence-electron chi connectivity index (χ3n) is 2.14. The van der Waals surface area contributed by atoms with Gasteiger partial charge in [-0.2, -0.15) is 0 Å². The van der Waals surface area contributed by atoms with Crippen molar-refractivity contribution in [2.75, 3.05) is 11.4 Å². The van der Waals surface area contributed by atoms with E-state index in [-0.39, 0.29) is 24.7 Å². The van der Waals surface area contributed by atoms with Crippen LogP contribution in [0.15, 0.2) is 15.1 Å². The van der Waals surface area contributed by atoms with Crippen molar-refractivity contribution in [3.63, 3.8) is 0 Å². The zero-order chi connectivity index (χ0) is 11.9. The van der Waals surface area contributed by atoms with Gasteiger partial charge in [0.2, 0.25) is 5.91 Å². The molecule has 0 saturated carbocycles. The van der Waals surface area contributed by atoms with Crippen molar-refractivity contribution in [1.82, 2.24) is 4.98 Å². The van der Waals surface area contributed by atoms with Crippen molar-refractivity contribution >= 4 is 61.0 Å². The van der Waals surface area contributed by atoms with Gasteiger partial charge in [0.15, 0.2) is 11.6 Å². The molecule has 0 bridgehead atoms. The molecule has 7 heteroatoms. The molecule has 1 fully saturated rings. The van der Waals surface area contributed by atoms with Crippen LogP contribution in [0.1, 0.15) is 6.42 Å². The largest absolute Gasteiger partial charge is 0.297 e. The maximum atomic E-state index is 11.5. The Morgan fingerprint density at radius 1 is 1.38 bits per heavy atom. The van der Waals surface area contributed by atoms with E-state index in [9.17, 15) is 9.59 Å². The Bertz CT molecular complexity index is 493. The smallest absolute Gasteiger partial charge is 0.236 e. The highest BCUT2D eigenvalue weighted by atomic mass is 79.9. The number of pyridine rings is 1. The summed E-state index contributed by atoms with van der Waals surface area (Å²) < 4.78 is 1.13. The molecular formula is C9H5Br2ClN2O2. The van der Waals surface area contributed by atoms with Crippen LogP contribution in [0.4, 0.5) is 5.82 Å². The Morgan fingerprint density at radius 2 is 2.06 bits per heavy atom. The second-order valence-corrected chi connectivity index (χ2v) is 5.28. The number of halogens is 3. The summed E-state index contributed by atoms with van der Waals surface area (Å²) >= 11 is 12.5. The van der Waals surface area contributed by atoms with Crippen molar-refractivity contribution in [2.24, 2.45) is 0 Å². The molecule has 0 unspecified atom stereocenters. The summed E-state index contributed by atoms with van der Waals surface area (Å²) in [7, 11) is 0. The summed E-state index contributed by atoms with van der Waals surface area (Å²) in [5, 5.41) is 0.428. The van der Waals surface area contributed by atoms with Crippen molar-refractivity contribution in [3.05, 3.63) is 20.2 Å². The molecule has 0 spiro atoms. The Labute approximate surface area is 113 Å². The standard InChI is InChI=1S/C9H5Br2ClN2O2/c10-5-2-13-9(7(11)8(5)12)14-3-4(15)1-6(14)16/h2H,1,3H2. The summed E-state index contributed by atoms with van der Waals surface area (Å²) in [6.07, 6.45) is 1.43. The summed E-state index contributed by atoms with van der Waals surface area (Å²) in [6, 6.07) is 0. The fraction of sp³-hybridized carbons (Fsp3) is 0.222. The number of anilines is 1. The summed E-state index contributed by atoms with van der Waals surface area (Å²) in [4.78, 5) is 28.1. The summed E-state index contributed by atoms with van der Waals surface area (Å²) in [5.74, 6) is 0.0124. The van der Waals surface area contributed by atoms with Gasteiger partial charge in [-0.05, 0) is 31.9 Å². The molecule has 16 heavy (non-hydrogen) atoms. The number of hydrogen-bond donors (Lipinski definition) is 0. The number of nitrogens with zero attached hydrogens (tertiary/aromatic N) is 2. The minimum atomic E-state index is -0.253. The average molecular weight is 368 g/mol. The van der Waals surface area contributed by atoms with Gasteiger partial charge in [-0.15, -0.1) is 0 Å².